The number of amides is 1. The molecule has 0 radical (unpaired) electrons. The molecule has 136 valence electrons. The summed E-state index contributed by atoms with van der Waals surface area (Å²) in [5, 5.41) is 0. The van der Waals surface area contributed by atoms with Gasteiger partial charge in [-0.2, -0.15) is 0 Å². The Bertz CT molecular complexity index is 742. The van der Waals surface area contributed by atoms with Gasteiger partial charge >= 0.3 is 5.97 Å². The van der Waals surface area contributed by atoms with Crippen LogP contribution < -0.4 is 4.74 Å². The summed E-state index contributed by atoms with van der Waals surface area (Å²) in [4.78, 5) is 29.1. The van der Waals surface area contributed by atoms with Crippen LogP contribution in [0.3, 0.4) is 0 Å². The molecule has 0 saturated heterocycles. The highest BCUT2D eigenvalue weighted by atomic mass is 16.6. The largest absolute Gasteiger partial charge is 0.482 e. The third kappa shape index (κ3) is 6.39. The van der Waals surface area contributed by atoms with Gasteiger partial charge in [0.05, 0.1) is 6.61 Å². The number of ether oxygens (including phenoxy) is 2. The molecule has 0 aliphatic carbocycles. The predicted molar refractivity (Wildman–Crippen MR) is 98.3 cm³/mol. The monoisotopic (exact) mass is 354 g/mol. The van der Waals surface area contributed by atoms with Crippen molar-refractivity contribution in [2.45, 2.75) is 13.5 Å². The number of carbonyl (C=O) groups is 2. The van der Waals surface area contributed by atoms with Crippen molar-refractivity contribution >= 4 is 18.0 Å². The normalized spacial score (nSPS) is 10.5. The van der Waals surface area contributed by atoms with Crippen molar-refractivity contribution in [3.05, 3.63) is 66.0 Å². The van der Waals surface area contributed by atoms with Gasteiger partial charge in [0, 0.05) is 32.1 Å². The quantitative estimate of drug-likeness (QED) is 0.538. The molecule has 0 saturated carbocycles. The van der Waals surface area contributed by atoms with E-state index >= 15 is 0 Å². The SMILES string of the molecule is CCOC(=O)COc1ccc(CN(C)C(=O)C=Cc2cccnc2)cc1. The number of nitrogens with zero attached hydrogens (tertiary/aromatic N) is 2. The number of carbonyl (C=O) groups excluding carboxylic acids is 2. The highest BCUT2D eigenvalue weighted by Crippen LogP contribution is 2.13. The van der Waals surface area contributed by atoms with E-state index in [4.69, 9.17) is 9.47 Å². The van der Waals surface area contributed by atoms with Crippen LogP contribution in [0, 0.1) is 0 Å². The Morgan fingerprint density at radius 2 is 1.96 bits per heavy atom. The molecule has 0 aliphatic rings. The van der Waals surface area contributed by atoms with E-state index in [-0.39, 0.29) is 12.5 Å². The minimum Gasteiger partial charge on any atom is -0.482 e. The molecule has 0 fully saturated rings. The summed E-state index contributed by atoms with van der Waals surface area (Å²) in [6.07, 6.45) is 6.64. The van der Waals surface area contributed by atoms with E-state index in [2.05, 4.69) is 4.98 Å². The minimum atomic E-state index is -0.401. The van der Waals surface area contributed by atoms with Gasteiger partial charge in [-0.1, -0.05) is 18.2 Å². The molecule has 0 N–H and O–H groups in total. The smallest absolute Gasteiger partial charge is 0.344 e. The lowest BCUT2D eigenvalue weighted by Gasteiger charge is -2.15. The van der Waals surface area contributed by atoms with Gasteiger partial charge in [0.15, 0.2) is 6.61 Å². The van der Waals surface area contributed by atoms with E-state index in [1.807, 2.05) is 24.3 Å². The lowest BCUT2D eigenvalue weighted by atomic mass is 10.2. The first-order valence-corrected chi connectivity index (χ1v) is 8.29. The van der Waals surface area contributed by atoms with Crippen molar-refractivity contribution in [3.8, 4) is 5.75 Å². The van der Waals surface area contributed by atoms with Gasteiger partial charge < -0.3 is 14.4 Å². The maximum absolute atomic E-state index is 12.2. The Balaban J connectivity index is 1.84. The van der Waals surface area contributed by atoms with Crippen LogP contribution in [0.1, 0.15) is 18.1 Å². The van der Waals surface area contributed by atoms with Crippen molar-refractivity contribution in [1.29, 1.82) is 0 Å². The Kier molecular flexibility index (Phi) is 7.36. The Labute approximate surface area is 153 Å². The summed E-state index contributed by atoms with van der Waals surface area (Å²) < 4.78 is 10.1. The lowest BCUT2D eigenvalue weighted by molar-refractivity contribution is -0.145. The van der Waals surface area contributed by atoms with Gasteiger partial charge in [-0.15, -0.1) is 0 Å². The van der Waals surface area contributed by atoms with Gasteiger partial charge in [-0.3, -0.25) is 9.78 Å². The average Bonchev–Trinajstić information content (AvgIpc) is 2.66. The van der Waals surface area contributed by atoms with Crippen molar-refractivity contribution < 1.29 is 19.1 Å². The molecular weight excluding hydrogens is 332 g/mol. The molecule has 2 aromatic rings. The molecule has 0 atom stereocenters. The van der Waals surface area contributed by atoms with E-state index in [1.54, 1.807) is 49.5 Å². The third-order valence-corrected chi connectivity index (χ3v) is 3.48. The summed E-state index contributed by atoms with van der Waals surface area (Å²) >= 11 is 0. The number of esters is 1. The molecule has 6 heteroatoms. The van der Waals surface area contributed by atoms with Gasteiger partial charge in [0.1, 0.15) is 5.75 Å². The number of rotatable bonds is 8. The first-order valence-electron chi connectivity index (χ1n) is 8.29. The van der Waals surface area contributed by atoms with E-state index in [1.165, 1.54) is 6.08 Å². The topological polar surface area (TPSA) is 68.7 Å². The average molecular weight is 354 g/mol. The number of hydrogen-bond donors (Lipinski definition) is 0. The zero-order valence-corrected chi connectivity index (χ0v) is 14.9. The maximum Gasteiger partial charge on any atom is 0.344 e. The van der Waals surface area contributed by atoms with Crippen molar-refractivity contribution in [1.82, 2.24) is 9.88 Å². The molecule has 1 heterocycles. The number of benzene rings is 1. The summed E-state index contributed by atoms with van der Waals surface area (Å²) in [7, 11) is 1.74. The fourth-order valence-corrected chi connectivity index (χ4v) is 2.16. The Hall–Kier alpha value is -3.15. The second-order valence-corrected chi connectivity index (χ2v) is 5.55. The van der Waals surface area contributed by atoms with Crippen LogP contribution >= 0.6 is 0 Å². The van der Waals surface area contributed by atoms with Crippen LogP contribution in [0.15, 0.2) is 54.9 Å². The minimum absolute atomic E-state index is 0.100. The van der Waals surface area contributed by atoms with Crippen molar-refractivity contribution in [2.75, 3.05) is 20.3 Å². The fraction of sp³-hybridized carbons (Fsp3) is 0.250. The molecule has 0 spiro atoms. The van der Waals surface area contributed by atoms with E-state index in [0.29, 0.717) is 18.9 Å². The summed E-state index contributed by atoms with van der Waals surface area (Å²) in [6.45, 7) is 2.42. The number of aromatic nitrogens is 1. The standard InChI is InChI=1S/C20H22N2O4/c1-3-25-20(24)15-26-18-9-6-17(7-10-18)14-22(2)19(23)11-8-16-5-4-12-21-13-16/h4-13H,3,14-15H2,1-2H3. The number of hydrogen-bond acceptors (Lipinski definition) is 5. The van der Waals surface area contributed by atoms with E-state index in [0.717, 1.165) is 11.1 Å². The third-order valence-electron chi connectivity index (χ3n) is 3.48. The molecule has 26 heavy (non-hydrogen) atoms. The molecule has 1 aromatic heterocycles. The molecule has 0 aliphatic heterocycles. The van der Waals surface area contributed by atoms with Crippen LogP contribution in [-0.2, 0) is 20.9 Å². The molecule has 2 rings (SSSR count). The first kappa shape index (κ1) is 19.2. The maximum atomic E-state index is 12.2. The predicted octanol–water partition coefficient (Wildman–Crippen LogP) is 2.70. The second-order valence-electron chi connectivity index (χ2n) is 5.55. The molecule has 0 unspecified atom stereocenters. The summed E-state index contributed by atoms with van der Waals surface area (Å²) in [5.41, 5.74) is 1.83. The van der Waals surface area contributed by atoms with Gasteiger partial charge in [-0.05, 0) is 42.3 Å². The molecule has 6 nitrogen and oxygen atoms in total. The fourth-order valence-electron chi connectivity index (χ4n) is 2.16. The zero-order chi connectivity index (χ0) is 18.8. The van der Waals surface area contributed by atoms with Crippen LogP contribution in [0.5, 0.6) is 5.75 Å². The second kappa shape index (κ2) is 9.98. The van der Waals surface area contributed by atoms with Gasteiger partial charge in [0.25, 0.3) is 0 Å². The Morgan fingerprint density at radius 1 is 1.19 bits per heavy atom. The molecular formula is C20H22N2O4. The zero-order valence-electron chi connectivity index (χ0n) is 14.9. The molecule has 1 amide bonds. The number of likely N-dealkylation sites (N-methyl/N-ethyl adjacent to an activating group) is 1. The van der Waals surface area contributed by atoms with E-state index < -0.39 is 5.97 Å². The highest BCUT2D eigenvalue weighted by Gasteiger charge is 2.07. The first-order chi connectivity index (χ1) is 12.6. The molecule has 0 bridgehead atoms. The molecule has 1 aromatic carbocycles. The van der Waals surface area contributed by atoms with Crippen molar-refractivity contribution in [3.63, 3.8) is 0 Å². The van der Waals surface area contributed by atoms with Crippen LogP contribution in [0.4, 0.5) is 0 Å². The number of pyridine rings is 1. The lowest BCUT2D eigenvalue weighted by Crippen LogP contribution is -2.24. The van der Waals surface area contributed by atoms with Crippen LogP contribution in [0.25, 0.3) is 6.08 Å². The van der Waals surface area contributed by atoms with Gasteiger partial charge in [0.2, 0.25) is 5.91 Å². The van der Waals surface area contributed by atoms with Gasteiger partial charge in [-0.25, -0.2) is 4.79 Å². The highest BCUT2D eigenvalue weighted by molar-refractivity contribution is 5.91. The Morgan fingerprint density at radius 3 is 2.62 bits per heavy atom. The van der Waals surface area contributed by atoms with Crippen LogP contribution in [0.2, 0.25) is 0 Å². The van der Waals surface area contributed by atoms with Crippen molar-refractivity contribution in [2.24, 2.45) is 0 Å². The van der Waals surface area contributed by atoms with Crippen LogP contribution in [-0.4, -0.2) is 42.0 Å². The summed E-state index contributed by atoms with van der Waals surface area (Å²) in [6, 6.07) is 10.9. The van der Waals surface area contributed by atoms with E-state index in [9.17, 15) is 9.59 Å². The summed E-state index contributed by atoms with van der Waals surface area (Å²) in [5.74, 6) is 0.0751.